The van der Waals surface area contributed by atoms with E-state index >= 15 is 0 Å². The third kappa shape index (κ3) is 7.21. The van der Waals surface area contributed by atoms with Gasteiger partial charge in [-0.15, -0.1) is 0 Å². The number of imide groups is 1. The number of nitrogens with zero attached hydrogens (tertiary/aromatic N) is 2. The lowest BCUT2D eigenvalue weighted by atomic mass is 9.89. The van der Waals surface area contributed by atoms with Gasteiger partial charge in [0.05, 0.1) is 42.6 Å². The normalized spacial score (nSPS) is 21.3. The van der Waals surface area contributed by atoms with Gasteiger partial charge in [-0.25, -0.2) is 0 Å². The Morgan fingerprint density at radius 2 is 1.37 bits per heavy atom. The van der Waals surface area contributed by atoms with Crippen molar-refractivity contribution in [3.8, 4) is 11.1 Å². The first-order valence-corrected chi connectivity index (χ1v) is 17.8. The molecule has 7 rings (SSSR count). The average molecular weight is 697 g/mol. The van der Waals surface area contributed by atoms with Crippen LogP contribution in [0.3, 0.4) is 0 Å². The van der Waals surface area contributed by atoms with Gasteiger partial charge >= 0.3 is 0 Å². The topological polar surface area (TPSA) is 99.5 Å². The Balaban J connectivity index is 1.10. The van der Waals surface area contributed by atoms with E-state index in [-0.39, 0.29) is 49.1 Å². The number of fused-ring (bicyclic) bond motifs is 1. The van der Waals surface area contributed by atoms with Crippen molar-refractivity contribution in [1.29, 1.82) is 0 Å². The molecule has 8 heteroatoms. The summed E-state index contributed by atoms with van der Waals surface area (Å²) < 4.78 is 13.4. The number of aliphatic hydroxyl groups excluding tert-OH is 2. The van der Waals surface area contributed by atoms with Gasteiger partial charge in [0.25, 0.3) is 11.8 Å². The fraction of sp³-hybridized carbons (Fsp3) is 0.273. The minimum absolute atomic E-state index is 0.0103. The van der Waals surface area contributed by atoms with Crippen molar-refractivity contribution in [3.63, 3.8) is 0 Å². The second-order valence-electron chi connectivity index (χ2n) is 13.9. The third-order valence-corrected chi connectivity index (χ3v) is 10.5. The van der Waals surface area contributed by atoms with Crippen molar-refractivity contribution in [1.82, 2.24) is 9.80 Å². The average Bonchev–Trinajstić information content (AvgIpc) is 3.43. The molecule has 0 unspecified atom stereocenters. The molecule has 2 aliphatic heterocycles. The number of carbonyl (C=O) groups excluding carboxylic acids is 2. The molecule has 1 saturated heterocycles. The molecule has 52 heavy (non-hydrogen) atoms. The van der Waals surface area contributed by atoms with E-state index in [1.165, 1.54) is 4.90 Å². The summed E-state index contributed by atoms with van der Waals surface area (Å²) in [5.74, 6) is -0.554. The molecule has 0 spiro atoms. The number of amides is 2. The Morgan fingerprint density at radius 3 is 2.02 bits per heavy atom. The van der Waals surface area contributed by atoms with Gasteiger partial charge in [0.2, 0.25) is 0 Å². The van der Waals surface area contributed by atoms with Crippen molar-refractivity contribution in [2.75, 3.05) is 13.6 Å². The second-order valence-corrected chi connectivity index (χ2v) is 13.9. The van der Waals surface area contributed by atoms with Crippen LogP contribution in [-0.4, -0.2) is 57.6 Å². The summed E-state index contributed by atoms with van der Waals surface area (Å²) in [5, 5.41) is 20.8. The van der Waals surface area contributed by atoms with E-state index in [0.29, 0.717) is 17.7 Å². The zero-order valence-corrected chi connectivity index (χ0v) is 29.6. The number of hydrogen-bond donors (Lipinski definition) is 2. The van der Waals surface area contributed by atoms with Gasteiger partial charge in [-0.3, -0.25) is 19.4 Å². The van der Waals surface area contributed by atoms with E-state index in [9.17, 15) is 19.8 Å². The number of carbonyl (C=O) groups is 2. The van der Waals surface area contributed by atoms with Crippen LogP contribution in [0.25, 0.3) is 11.1 Å². The molecule has 0 aromatic heterocycles. The fourth-order valence-electron chi connectivity index (χ4n) is 7.20. The Morgan fingerprint density at radius 1 is 0.731 bits per heavy atom. The third-order valence-electron chi connectivity index (χ3n) is 10.5. The Bertz CT molecular complexity index is 1980. The van der Waals surface area contributed by atoms with Crippen LogP contribution in [0.1, 0.15) is 80.9 Å². The van der Waals surface area contributed by atoms with E-state index < -0.39 is 12.4 Å². The summed E-state index contributed by atoms with van der Waals surface area (Å²) in [6, 6.07) is 40.3. The molecule has 2 N–H and O–H groups in total. The van der Waals surface area contributed by atoms with Crippen LogP contribution in [-0.2, 0) is 22.6 Å². The van der Waals surface area contributed by atoms with Crippen molar-refractivity contribution in [3.05, 3.63) is 166 Å². The zero-order chi connectivity index (χ0) is 36.4. The number of benzene rings is 5. The van der Waals surface area contributed by atoms with Crippen molar-refractivity contribution >= 4 is 11.8 Å². The number of aliphatic hydroxyl groups is 2. The predicted molar refractivity (Wildman–Crippen MR) is 199 cm³/mol. The highest BCUT2D eigenvalue weighted by Gasteiger charge is 2.40. The van der Waals surface area contributed by atoms with Gasteiger partial charge in [0.1, 0.15) is 0 Å². The molecule has 6 atom stereocenters. The number of hydrogen-bond acceptors (Lipinski definition) is 7. The molecule has 266 valence electrons. The van der Waals surface area contributed by atoms with Crippen molar-refractivity contribution < 1.29 is 29.3 Å². The molecule has 1 fully saturated rings. The Hall–Kier alpha value is -4.96. The quantitative estimate of drug-likeness (QED) is 0.138. The van der Waals surface area contributed by atoms with E-state index in [2.05, 4.69) is 11.8 Å². The standard InChI is InChI=1S/C44H44N2O6/c1-28-39(26-45(3)29(2)40(48)33-11-5-4-6-12-33)51-44(52-41(28)34-18-16-30(27-47)17-19-34)35-22-20-32(21-23-35)36-13-9-10-31(24-36)25-46-42(49)37-14-7-8-15-38(37)43(46)50/h4-24,28-29,39-41,44,47-48H,25-27H2,1-3H3/t28-,29+,39+,40+,41+,44+/m0/s1. The van der Waals surface area contributed by atoms with Gasteiger partial charge in [0, 0.05) is 24.1 Å². The van der Waals surface area contributed by atoms with E-state index in [4.69, 9.17) is 9.47 Å². The Labute approximate surface area is 304 Å². The lowest BCUT2D eigenvalue weighted by Crippen LogP contribution is -2.46. The summed E-state index contributed by atoms with van der Waals surface area (Å²) in [4.78, 5) is 29.4. The first-order valence-electron chi connectivity index (χ1n) is 17.8. The monoisotopic (exact) mass is 696 g/mol. The molecular formula is C44H44N2O6. The number of ether oxygens (including phenoxy) is 2. The molecule has 0 bridgehead atoms. The maximum absolute atomic E-state index is 13.0. The minimum atomic E-state index is -0.655. The van der Waals surface area contributed by atoms with Crippen molar-refractivity contribution in [2.24, 2.45) is 5.92 Å². The zero-order valence-electron chi connectivity index (χ0n) is 29.6. The maximum Gasteiger partial charge on any atom is 0.261 e. The largest absolute Gasteiger partial charge is 0.392 e. The second kappa shape index (κ2) is 15.3. The molecule has 5 aromatic carbocycles. The van der Waals surface area contributed by atoms with Crippen LogP contribution < -0.4 is 0 Å². The van der Waals surface area contributed by atoms with Crippen molar-refractivity contribution in [2.45, 2.75) is 57.6 Å². The smallest absolute Gasteiger partial charge is 0.261 e. The van der Waals surface area contributed by atoms with Crippen LogP contribution >= 0.6 is 0 Å². The number of rotatable bonds is 11. The summed E-state index contributed by atoms with van der Waals surface area (Å²) >= 11 is 0. The first-order chi connectivity index (χ1) is 25.2. The van der Waals surface area contributed by atoms with Gasteiger partial charge < -0.3 is 19.7 Å². The maximum atomic E-state index is 13.0. The highest BCUT2D eigenvalue weighted by atomic mass is 16.7. The molecule has 0 aliphatic carbocycles. The van der Waals surface area contributed by atoms with Gasteiger partial charge in [-0.2, -0.15) is 0 Å². The molecular weight excluding hydrogens is 652 g/mol. The van der Waals surface area contributed by atoms with Gasteiger partial charge in [-0.1, -0.05) is 116 Å². The number of likely N-dealkylation sites (N-methyl/N-ethyl adjacent to an activating group) is 1. The summed E-state index contributed by atoms with van der Waals surface area (Å²) in [7, 11) is 2.01. The Kier molecular flexibility index (Phi) is 10.5. The van der Waals surface area contributed by atoms with Crippen LogP contribution in [0.5, 0.6) is 0 Å². The molecule has 0 radical (unpaired) electrons. The fourth-order valence-corrected chi connectivity index (χ4v) is 7.20. The van der Waals surface area contributed by atoms with E-state index in [1.807, 2.05) is 117 Å². The molecule has 0 saturated carbocycles. The first kappa shape index (κ1) is 35.4. The van der Waals surface area contributed by atoms with E-state index in [1.54, 1.807) is 24.3 Å². The summed E-state index contributed by atoms with van der Waals surface area (Å²) in [5.41, 5.74) is 7.28. The highest BCUT2D eigenvalue weighted by molar-refractivity contribution is 6.21. The predicted octanol–water partition coefficient (Wildman–Crippen LogP) is 7.49. The van der Waals surface area contributed by atoms with Crippen LogP contribution in [0.4, 0.5) is 0 Å². The van der Waals surface area contributed by atoms with Crippen LogP contribution in [0.2, 0.25) is 0 Å². The van der Waals surface area contributed by atoms with Crippen LogP contribution in [0, 0.1) is 5.92 Å². The lowest BCUT2D eigenvalue weighted by Gasteiger charge is -2.43. The molecule has 2 aliphatic rings. The molecule has 2 heterocycles. The lowest BCUT2D eigenvalue weighted by molar-refractivity contribution is -0.276. The molecule has 5 aromatic rings. The van der Waals surface area contributed by atoms with Crippen LogP contribution in [0.15, 0.2) is 127 Å². The SMILES string of the molecule is C[C@H]1[C@@H](CN(C)[C@H](C)[C@@H](O)c2ccccc2)O[C@@H](c2ccc(-c3cccc(CN4C(=O)c5ccccc5C4=O)c3)cc2)O[C@H]1c1ccc(CO)cc1. The minimum Gasteiger partial charge on any atom is -0.392 e. The summed E-state index contributed by atoms with van der Waals surface area (Å²) in [6.45, 7) is 4.90. The highest BCUT2D eigenvalue weighted by Crippen LogP contribution is 2.42. The van der Waals surface area contributed by atoms with Gasteiger partial charge in [-0.05, 0) is 65.6 Å². The summed E-state index contributed by atoms with van der Waals surface area (Å²) in [6.07, 6.45) is -1.77. The van der Waals surface area contributed by atoms with Gasteiger partial charge in [0.15, 0.2) is 6.29 Å². The van der Waals surface area contributed by atoms with E-state index in [0.717, 1.165) is 38.9 Å². The molecule has 2 amide bonds. The molecule has 8 nitrogen and oxygen atoms in total.